The van der Waals surface area contributed by atoms with E-state index >= 15 is 0 Å². The molecule has 1 aromatic rings. The first-order valence-corrected chi connectivity index (χ1v) is 7.06. The number of hydrogen-bond donors (Lipinski definition) is 0. The van der Waals surface area contributed by atoms with Crippen molar-refractivity contribution in [1.29, 1.82) is 0 Å². The predicted octanol–water partition coefficient (Wildman–Crippen LogP) is 2.34. The molecule has 17 heavy (non-hydrogen) atoms. The Morgan fingerprint density at radius 3 is 1.94 bits per heavy atom. The highest BCUT2D eigenvalue weighted by molar-refractivity contribution is 6.17. The Hall–Kier alpha value is -0.570. The van der Waals surface area contributed by atoms with Crippen LogP contribution < -0.4 is 4.48 Å². The summed E-state index contributed by atoms with van der Waals surface area (Å²) >= 11 is 6.14. The van der Waals surface area contributed by atoms with Crippen molar-refractivity contribution in [3.63, 3.8) is 0 Å². The minimum absolute atomic E-state index is 0.800. The topological polar surface area (TPSA) is 0 Å². The summed E-state index contributed by atoms with van der Waals surface area (Å²) in [6, 6.07) is 9.93. The molecule has 0 aromatic heterocycles. The Labute approximate surface area is 109 Å². The van der Waals surface area contributed by atoms with Gasteiger partial charge in [-0.15, -0.1) is 0 Å². The van der Waals surface area contributed by atoms with Crippen molar-refractivity contribution in [2.24, 2.45) is 0 Å². The number of halogens is 1. The number of aryl methyl sites for hydroxylation is 1. The average molecular weight is 253 g/mol. The van der Waals surface area contributed by atoms with Crippen LogP contribution in [0.5, 0.6) is 0 Å². The third-order valence-corrected chi connectivity index (χ3v) is 5.35. The molecule has 0 amide bonds. The van der Waals surface area contributed by atoms with Gasteiger partial charge in [-0.25, -0.2) is 0 Å². The molecular weight excluding hydrogens is 232 g/mol. The molecule has 2 bridgehead atoms. The quantitative estimate of drug-likeness (QED) is 0.431. The van der Waals surface area contributed by atoms with Crippen molar-refractivity contribution in [1.82, 2.24) is 4.48 Å². The normalized spacial score (nSPS) is 36.1. The van der Waals surface area contributed by atoms with E-state index in [4.69, 9.17) is 11.6 Å². The molecule has 3 saturated heterocycles. The molecule has 3 heteroatoms. The molecule has 0 unspecified atom stereocenters. The van der Waals surface area contributed by atoms with Crippen molar-refractivity contribution in [2.45, 2.75) is 6.92 Å². The van der Waals surface area contributed by atoms with Crippen LogP contribution in [0.1, 0.15) is 5.56 Å². The van der Waals surface area contributed by atoms with Gasteiger partial charge in [0.25, 0.3) is 0 Å². The first-order chi connectivity index (χ1) is 8.18. The zero-order valence-corrected chi connectivity index (χ0v) is 11.3. The van der Waals surface area contributed by atoms with Gasteiger partial charge < -0.3 is 0 Å². The van der Waals surface area contributed by atoms with E-state index in [0.29, 0.717) is 0 Å². The molecule has 2 nitrogen and oxygen atoms in total. The van der Waals surface area contributed by atoms with Crippen LogP contribution in [0.3, 0.4) is 0 Å². The van der Waals surface area contributed by atoms with Crippen molar-refractivity contribution in [3.05, 3.63) is 29.8 Å². The van der Waals surface area contributed by atoms with Gasteiger partial charge in [0.2, 0.25) is 0 Å². The lowest BCUT2D eigenvalue weighted by Crippen LogP contribution is -2.75. The summed E-state index contributed by atoms with van der Waals surface area (Å²) < 4.78 is 2.34. The Morgan fingerprint density at radius 2 is 1.47 bits per heavy atom. The summed E-state index contributed by atoms with van der Waals surface area (Å²) in [5.74, 6) is 0. The number of fused-ring (bicyclic) bond motifs is 3. The fourth-order valence-electron chi connectivity index (χ4n) is 3.31. The van der Waals surface area contributed by atoms with Crippen LogP contribution in [0.4, 0.5) is 5.69 Å². The number of hydrogen-bond acceptors (Lipinski definition) is 0. The molecule has 3 heterocycles. The Bertz CT molecular complexity index is 388. The van der Waals surface area contributed by atoms with Gasteiger partial charge in [-0.2, -0.15) is 0 Å². The summed E-state index contributed by atoms with van der Waals surface area (Å²) in [6.45, 7) is 9.68. The number of alkyl halides is 1. The van der Waals surface area contributed by atoms with Crippen LogP contribution >= 0.6 is 11.6 Å². The lowest BCUT2D eigenvalue weighted by Gasteiger charge is -2.54. The average Bonchev–Trinajstić information content (AvgIpc) is 2.41. The molecule has 92 valence electrons. The number of rotatable bonds is 2. The predicted molar refractivity (Wildman–Crippen MR) is 73.2 cm³/mol. The molecule has 1 aromatic carbocycles. The largest absolute Gasteiger partial charge is 0.297 e. The van der Waals surface area contributed by atoms with E-state index in [9.17, 15) is 0 Å². The summed E-state index contributed by atoms with van der Waals surface area (Å²) in [5, 5.41) is 0. The van der Waals surface area contributed by atoms with Crippen molar-refractivity contribution in [3.8, 4) is 0 Å². The lowest BCUT2D eigenvalue weighted by molar-refractivity contribution is -0.930. The Kier molecular flexibility index (Phi) is 2.69. The van der Waals surface area contributed by atoms with Gasteiger partial charge in [0, 0.05) is 0 Å². The van der Waals surface area contributed by atoms with Crippen LogP contribution in [0.2, 0.25) is 0 Å². The second-order valence-electron chi connectivity index (χ2n) is 5.78. The smallest absolute Gasteiger partial charge is 0.155 e. The Balaban J connectivity index is 1.88. The minimum Gasteiger partial charge on any atom is -0.297 e. The van der Waals surface area contributed by atoms with Crippen LogP contribution in [0, 0.1) is 6.92 Å². The third kappa shape index (κ3) is 1.79. The highest BCUT2D eigenvalue weighted by Gasteiger charge is 2.49. The van der Waals surface area contributed by atoms with Gasteiger partial charge in [-0.05, 0) is 19.1 Å². The van der Waals surface area contributed by atoms with E-state index in [2.05, 4.69) is 31.2 Å². The van der Waals surface area contributed by atoms with E-state index in [-0.39, 0.29) is 0 Å². The van der Waals surface area contributed by atoms with Crippen LogP contribution in [-0.2, 0) is 0 Å². The van der Waals surface area contributed by atoms with Gasteiger partial charge in [0.15, 0.2) is 6.00 Å². The van der Waals surface area contributed by atoms with Gasteiger partial charge >= 0.3 is 0 Å². The lowest BCUT2D eigenvalue weighted by atomic mass is 10.1. The molecule has 0 N–H and O–H groups in total. The standard InChI is InChI=1S/C14H21ClN2/c1-13-2-4-14(5-3-13)17-9-6-16(12-15,7-10-17)8-11-17/h2-5H,6-12H2,1H3/q+2. The van der Waals surface area contributed by atoms with Crippen LogP contribution in [0.15, 0.2) is 24.3 Å². The van der Waals surface area contributed by atoms with Crippen molar-refractivity contribution < 1.29 is 4.48 Å². The summed E-state index contributed by atoms with van der Waals surface area (Å²) in [7, 11) is 0. The summed E-state index contributed by atoms with van der Waals surface area (Å²) in [6.07, 6.45) is 0. The maximum absolute atomic E-state index is 6.14. The van der Waals surface area contributed by atoms with Crippen molar-refractivity contribution >= 4 is 17.3 Å². The second-order valence-corrected chi connectivity index (χ2v) is 6.02. The first kappa shape index (κ1) is 11.5. The van der Waals surface area contributed by atoms with Gasteiger partial charge in [0.05, 0.1) is 0 Å². The van der Waals surface area contributed by atoms with Crippen LogP contribution in [0.25, 0.3) is 0 Å². The van der Waals surface area contributed by atoms with Crippen molar-refractivity contribution in [2.75, 3.05) is 45.3 Å². The van der Waals surface area contributed by atoms with Gasteiger partial charge in [-0.3, -0.25) is 8.97 Å². The fourth-order valence-corrected chi connectivity index (χ4v) is 3.67. The maximum Gasteiger partial charge on any atom is 0.155 e. The zero-order chi connectivity index (χ0) is 11.9. The summed E-state index contributed by atoms with van der Waals surface area (Å²) in [4.78, 5) is 0. The van der Waals surface area contributed by atoms with E-state index in [0.717, 1.165) is 10.5 Å². The molecule has 0 radical (unpaired) electrons. The SMILES string of the molecule is Cc1ccc([N+]23CC[N+](CCl)(CC2)CC3)cc1. The fraction of sp³-hybridized carbons (Fsp3) is 0.571. The third-order valence-electron chi connectivity index (χ3n) is 4.84. The summed E-state index contributed by atoms with van der Waals surface area (Å²) in [5.41, 5.74) is 2.86. The molecule has 0 atom stereocenters. The number of benzene rings is 1. The maximum atomic E-state index is 6.14. The number of piperazine rings is 3. The van der Waals surface area contributed by atoms with Gasteiger partial charge in [-0.1, -0.05) is 29.3 Å². The Morgan fingerprint density at radius 1 is 0.941 bits per heavy atom. The zero-order valence-electron chi connectivity index (χ0n) is 10.5. The van der Waals surface area contributed by atoms with E-state index in [1.807, 2.05) is 0 Å². The highest BCUT2D eigenvalue weighted by atomic mass is 35.5. The van der Waals surface area contributed by atoms with Crippen LogP contribution in [-0.4, -0.2) is 49.8 Å². The molecule has 3 fully saturated rings. The first-order valence-electron chi connectivity index (χ1n) is 6.53. The van der Waals surface area contributed by atoms with E-state index in [1.54, 1.807) is 0 Å². The number of nitrogens with zero attached hydrogens (tertiary/aromatic N) is 2. The molecule has 0 saturated carbocycles. The number of quaternary nitrogens is 2. The molecule has 0 aliphatic carbocycles. The molecular formula is C14H21ClN2+2. The highest BCUT2D eigenvalue weighted by Crippen LogP contribution is 2.33. The second kappa shape index (κ2) is 3.98. The van der Waals surface area contributed by atoms with Gasteiger partial charge in [0.1, 0.15) is 45.0 Å². The molecule has 4 rings (SSSR count). The molecule has 3 aliphatic rings. The minimum atomic E-state index is 0.800. The monoisotopic (exact) mass is 252 g/mol. The molecule has 0 spiro atoms. The molecule has 3 aliphatic heterocycles. The van der Waals surface area contributed by atoms with E-state index < -0.39 is 0 Å². The van der Waals surface area contributed by atoms with E-state index in [1.165, 1.54) is 55.0 Å².